The van der Waals surface area contributed by atoms with E-state index in [9.17, 15) is 9.90 Å². The Bertz CT molecular complexity index is 705. The van der Waals surface area contributed by atoms with Crippen LogP contribution in [0, 0.1) is 0 Å². The van der Waals surface area contributed by atoms with E-state index in [-0.39, 0.29) is 17.8 Å². The first-order valence-electron chi connectivity index (χ1n) is 8.97. The molecule has 25 heavy (non-hydrogen) atoms. The molecule has 1 amide bonds. The average Bonchev–Trinajstić information content (AvgIpc) is 2.67. The summed E-state index contributed by atoms with van der Waals surface area (Å²) in [7, 11) is 0. The number of rotatable bonds is 5. The first-order chi connectivity index (χ1) is 12.2. The summed E-state index contributed by atoms with van der Waals surface area (Å²) in [5.41, 5.74) is 2.63. The third-order valence-corrected chi connectivity index (χ3v) is 4.68. The molecule has 1 fully saturated rings. The molecule has 1 aliphatic rings. The molecule has 0 radical (unpaired) electrons. The second-order valence-electron chi connectivity index (χ2n) is 6.46. The Labute approximate surface area is 149 Å². The number of phenols is 1. The van der Waals surface area contributed by atoms with Gasteiger partial charge in [-0.3, -0.25) is 4.79 Å². The molecule has 2 aromatic rings. The van der Waals surface area contributed by atoms with Crippen LogP contribution in [0.3, 0.4) is 0 Å². The maximum Gasteiger partial charge on any atom is 0.253 e. The Morgan fingerprint density at radius 2 is 1.96 bits per heavy atom. The van der Waals surface area contributed by atoms with Crippen LogP contribution < -0.4 is 0 Å². The van der Waals surface area contributed by atoms with Gasteiger partial charge < -0.3 is 14.7 Å². The van der Waals surface area contributed by atoms with Gasteiger partial charge in [-0.25, -0.2) is 0 Å². The predicted molar refractivity (Wildman–Crippen MR) is 98.7 cm³/mol. The molecule has 3 rings (SSSR count). The molecule has 0 saturated carbocycles. The fraction of sp³-hybridized carbons (Fsp3) is 0.381. The Kier molecular flexibility index (Phi) is 5.71. The minimum Gasteiger partial charge on any atom is -0.508 e. The van der Waals surface area contributed by atoms with Crippen molar-refractivity contribution in [2.24, 2.45) is 0 Å². The van der Waals surface area contributed by atoms with Gasteiger partial charge in [-0.2, -0.15) is 0 Å². The van der Waals surface area contributed by atoms with E-state index in [1.54, 1.807) is 12.1 Å². The summed E-state index contributed by atoms with van der Waals surface area (Å²) in [6, 6.07) is 14.7. The van der Waals surface area contributed by atoms with Crippen molar-refractivity contribution in [3.8, 4) is 16.9 Å². The van der Waals surface area contributed by atoms with E-state index in [1.807, 2.05) is 48.2 Å². The van der Waals surface area contributed by atoms with Crippen molar-refractivity contribution in [1.29, 1.82) is 0 Å². The summed E-state index contributed by atoms with van der Waals surface area (Å²) in [5, 5.41) is 9.43. The third-order valence-electron chi connectivity index (χ3n) is 4.68. The standard InChI is InChI=1S/C21H25NO3/c1-2-22(15-20-8-3-4-13-25-20)21(24)18-7-5-6-17(14-18)16-9-11-19(23)12-10-16/h5-7,9-12,14,20,23H,2-4,8,13,15H2,1H3/t20-/m1/s1. The quantitative estimate of drug-likeness (QED) is 0.892. The van der Waals surface area contributed by atoms with Crippen LogP contribution in [-0.2, 0) is 4.74 Å². The number of benzene rings is 2. The summed E-state index contributed by atoms with van der Waals surface area (Å²) in [6.07, 6.45) is 3.47. The summed E-state index contributed by atoms with van der Waals surface area (Å²) in [4.78, 5) is 14.8. The van der Waals surface area contributed by atoms with E-state index < -0.39 is 0 Å². The Morgan fingerprint density at radius 1 is 1.16 bits per heavy atom. The van der Waals surface area contributed by atoms with Gasteiger partial charge in [0.1, 0.15) is 5.75 Å². The lowest BCUT2D eigenvalue weighted by atomic mass is 10.0. The predicted octanol–water partition coefficient (Wildman–Crippen LogP) is 4.09. The van der Waals surface area contributed by atoms with Crippen LogP contribution in [0.25, 0.3) is 11.1 Å². The van der Waals surface area contributed by atoms with Crippen LogP contribution in [0.5, 0.6) is 5.75 Å². The number of hydrogen-bond donors (Lipinski definition) is 1. The van der Waals surface area contributed by atoms with E-state index in [1.165, 1.54) is 6.42 Å². The number of carbonyl (C=O) groups excluding carboxylic acids is 1. The van der Waals surface area contributed by atoms with Gasteiger partial charge in [-0.1, -0.05) is 24.3 Å². The van der Waals surface area contributed by atoms with Gasteiger partial charge >= 0.3 is 0 Å². The number of phenolic OH excluding ortho intramolecular Hbond substituents is 1. The molecule has 0 spiro atoms. The second kappa shape index (κ2) is 8.17. The van der Waals surface area contributed by atoms with E-state index >= 15 is 0 Å². The molecule has 0 aromatic heterocycles. The first kappa shape index (κ1) is 17.5. The Morgan fingerprint density at radius 3 is 2.64 bits per heavy atom. The maximum atomic E-state index is 12.9. The fourth-order valence-corrected chi connectivity index (χ4v) is 3.22. The molecule has 0 unspecified atom stereocenters. The zero-order valence-electron chi connectivity index (χ0n) is 14.6. The lowest BCUT2D eigenvalue weighted by Gasteiger charge is -2.29. The highest BCUT2D eigenvalue weighted by atomic mass is 16.5. The molecule has 1 saturated heterocycles. The van der Waals surface area contributed by atoms with E-state index in [2.05, 4.69) is 0 Å². The van der Waals surface area contributed by atoms with Crippen molar-refractivity contribution in [2.45, 2.75) is 32.3 Å². The van der Waals surface area contributed by atoms with Crippen molar-refractivity contribution >= 4 is 5.91 Å². The Balaban J connectivity index is 1.76. The molecule has 1 N–H and O–H groups in total. The molecule has 4 heteroatoms. The van der Waals surface area contributed by atoms with Crippen LogP contribution >= 0.6 is 0 Å². The van der Waals surface area contributed by atoms with Gasteiger partial charge in [0.2, 0.25) is 0 Å². The van der Waals surface area contributed by atoms with Crippen molar-refractivity contribution in [2.75, 3.05) is 19.7 Å². The lowest BCUT2D eigenvalue weighted by molar-refractivity contribution is -0.00311. The normalized spacial score (nSPS) is 17.2. The summed E-state index contributed by atoms with van der Waals surface area (Å²) in [6.45, 7) is 4.12. The molecule has 132 valence electrons. The maximum absolute atomic E-state index is 12.9. The van der Waals surface area contributed by atoms with E-state index in [4.69, 9.17) is 4.74 Å². The molecule has 1 heterocycles. The number of carbonyl (C=O) groups is 1. The summed E-state index contributed by atoms with van der Waals surface area (Å²) >= 11 is 0. The van der Waals surface area contributed by atoms with E-state index in [0.29, 0.717) is 18.7 Å². The van der Waals surface area contributed by atoms with Gasteiger partial charge in [-0.05, 0) is 61.6 Å². The third kappa shape index (κ3) is 4.40. The lowest BCUT2D eigenvalue weighted by Crippen LogP contribution is -2.39. The highest BCUT2D eigenvalue weighted by Crippen LogP contribution is 2.23. The highest BCUT2D eigenvalue weighted by molar-refractivity contribution is 5.95. The molecular weight excluding hydrogens is 314 g/mol. The number of hydrogen-bond acceptors (Lipinski definition) is 3. The number of likely N-dealkylation sites (N-methyl/N-ethyl adjacent to an activating group) is 1. The summed E-state index contributed by atoms with van der Waals surface area (Å²) in [5.74, 6) is 0.276. The van der Waals surface area contributed by atoms with Crippen LogP contribution in [0.2, 0.25) is 0 Å². The average molecular weight is 339 g/mol. The minimum atomic E-state index is 0.0392. The monoisotopic (exact) mass is 339 g/mol. The van der Waals surface area contributed by atoms with Gasteiger partial charge in [0.15, 0.2) is 0 Å². The summed E-state index contributed by atoms with van der Waals surface area (Å²) < 4.78 is 5.78. The molecule has 2 aromatic carbocycles. The fourth-order valence-electron chi connectivity index (χ4n) is 3.22. The van der Waals surface area contributed by atoms with Gasteiger partial charge in [0.05, 0.1) is 6.10 Å². The zero-order chi connectivity index (χ0) is 17.6. The number of amides is 1. The smallest absolute Gasteiger partial charge is 0.253 e. The SMILES string of the molecule is CCN(C[C@H]1CCCCO1)C(=O)c1cccc(-c2ccc(O)cc2)c1. The largest absolute Gasteiger partial charge is 0.508 e. The number of nitrogens with zero attached hydrogens (tertiary/aromatic N) is 1. The molecule has 1 atom stereocenters. The second-order valence-corrected chi connectivity index (χ2v) is 6.46. The van der Waals surface area contributed by atoms with Gasteiger partial charge in [0.25, 0.3) is 5.91 Å². The Hall–Kier alpha value is -2.33. The topological polar surface area (TPSA) is 49.8 Å². The molecule has 0 bridgehead atoms. The number of aromatic hydroxyl groups is 1. The van der Waals surface area contributed by atoms with Crippen molar-refractivity contribution in [1.82, 2.24) is 4.90 Å². The number of ether oxygens (including phenoxy) is 1. The molecule has 1 aliphatic heterocycles. The van der Waals surface area contributed by atoms with Gasteiger partial charge in [-0.15, -0.1) is 0 Å². The van der Waals surface area contributed by atoms with Gasteiger partial charge in [0, 0.05) is 25.3 Å². The molecule has 0 aliphatic carbocycles. The minimum absolute atomic E-state index is 0.0392. The van der Waals surface area contributed by atoms with Crippen LogP contribution in [-0.4, -0.2) is 41.7 Å². The molecule has 4 nitrogen and oxygen atoms in total. The van der Waals surface area contributed by atoms with Crippen LogP contribution in [0.1, 0.15) is 36.5 Å². The zero-order valence-corrected chi connectivity index (χ0v) is 14.6. The van der Waals surface area contributed by atoms with Crippen LogP contribution in [0.4, 0.5) is 0 Å². The molecular formula is C21H25NO3. The van der Waals surface area contributed by atoms with Crippen LogP contribution in [0.15, 0.2) is 48.5 Å². The first-order valence-corrected chi connectivity index (χ1v) is 8.97. The highest BCUT2D eigenvalue weighted by Gasteiger charge is 2.21. The van der Waals surface area contributed by atoms with Crippen molar-refractivity contribution in [3.63, 3.8) is 0 Å². The van der Waals surface area contributed by atoms with Crippen molar-refractivity contribution in [3.05, 3.63) is 54.1 Å². The van der Waals surface area contributed by atoms with Crippen molar-refractivity contribution < 1.29 is 14.6 Å². The van der Waals surface area contributed by atoms with E-state index in [0.717, 1.165) is 30.6 Å².